The van der Waals surface area contributed by atoms with Crippen molar-refractivity contribution in [2.75, 3.05) is 26.0 Å². The van der Waals surface area contributed by atoms with Crippen LogP contribution < -0.4 is 10.6 Å². The molecular weight excluding hydrogens is 76.1 g/mol. The maximum atomic E-state index is 7.16. The topological polar surface area (TPSA) is 24.1 Å². The first kappa shape index (κ1) is 1.01. The molecule has 2 nitrogen and oxygen atoms in total. The Hall–Kier alpha value is -0.0800. The first-order valence-electron chi connectivity index (χ1n) is 4.71. The SMILES string of the molecule is [2H]C1([2H])CNC([2H])([2H])C([2H])([2H])N1. The maximum absolute atomic E-state index is 7.16. The van der Waals surface area contributed by atoms with E-state index in [0.717, 1.165) is 0 Å². The van der Waals surface area contributed by atoms with Gasteiger partial charge in [-0.1, -0.05) is 0 Å². The molecule has 0 bridgehead atoms. The van der Waals surface area contributed by atoms with E-state index in [1.165, 1.54) is 0 Å². The molecule has 1 rings (SSSR count). The Morgan fingerprint density at radius 1 is 1.17 bits per heavy atom. The largest absolute Gasteiger partial charge is 0.314 e. The highest BCUT2D eigenvalue weighted by Gasteiger charge is 1.91. The van der Waals surface area contributed by atoms with E-state index in [-0.39, 0.29) is 6.54 Å². The lowest BCUT2D eigenvalue weighted by atomic mass is 10.4. The fourth-order valence-electron chi connectivity index (χ4n) is 0.252. The van der Waals surface area contributed by atoms with E-state index < -0.39 is 19.5 Å². The molecule has 0 aliphatic carbocycles. The Bertz CT molecular complexity index is 190. The van der Waals surface area contributed by atoms with Crippen molar-refractivity contribution >= 4 is 0 Å². The minimum absolute atomic E-state index is 0.250. The average Bonchev–Trinajstić information content (AvgIpc) is 1.79. The third kappa shape index (κ3) is 0.954. The van der Waals surface area contributed by atoms with Crippen molar-refractivity contribution in [1.29, 1.82) is 0 Å². The molecule has 2 N–H and O–H groups in total. The quantitative estimate of drug-likeness (QED) is 0.408. The normalized spacial score (nSPS) is 64.0. The summed E-state index contributed by atoms with van der Waals surface area (Å²) >= 11 is 0. The highest BCUT2D eigenvalue weighted by Crippen LogP contribution is 1.65. The summed E-state index contributed by atoms with van der Waals surface area (Å²) in [5.41, 5.74) is 0. The van der Waals surface area contributed by atoms with Crippen LogP contribution in [0.1, 0.15) is 8.22 Å². The van der Waals surface area contributed by atoms with E-state index in [1.54, 1.807) is 0 Å². The number of nitrogens with one attached hydrogen (secondary N) is 2. The van der Waals surface area contributed by atoms with E-state index in [2.05, 4.69) is 5.32 Å². The zero-order valence-corrected chi connectivity index (χ0v) is 3.21. The molecule has 0 atom stereocenters. The highest BCUT2D eigenvalue weighted by atomic mass is 15.0. The Kier molecular flexibility index (Phi) is 0.363. The van der Waals surface area contributed by atoms with Crippen LogP contribution in [0.2, 0.25) is 0 Å². The van der Waals surface area contributed by atoms with Crippen LogP contribution in [-0.4, -0.2) is 26.0 Å². The number of piperazine rings is 1. The second kappa shape index (κ2) is 2.16. The number of hydrogen-bond acceptors (Lipinski definition) is 2. The van der Waals surface area contributed by atoms with E-state index in [4.69, 9.17) is 8.22 Å². The van der Waals surface area contributed by atoms with E-state index >= 15 is 0 Å². The summed E-state index contributed by atoms with van der Waals surface area (Å²) in [4.78, 5) is 0. The van der Waals surface area contributed by atoms with Crippen LogP contribution in [-0.2, 0) is 0 Å². The van der Waals surface area contributed by atoms with Gasteiger partial charge in [-0.15, -0.1) is 0 Å². The van der Waals surface area contributed by atoms with Crippen LogP contribution in [0.3, 0.4) is 0 Å². The fourth-order valence-corrected chi connectivity index (χ4v) is 0.252. The summed E-state index contributed by atoms with van der Waals surface area (Å²) in [5, 5.41) is 4.11. The summed E-state index contributed by atoms with van der Waals surface area (Å²) < 4.78 is 42.9. The van der Waals surface area contributed by atoms with Gasteiger partial charge in [0.05, 0.1) is 0 Å². The van der Waals surface area contributed by atoms with E-state index in [9.17, 15) is 0 Å². The summed E-state index contributed by atoms with van der Waals surface area (Å²) in [5.74, 6) is 0. The molecule has 0 unspecified atom stereocenters. The van der Waals surface area contributed by atoms with Gasteiger partial charge in [0.25, 0.3) is 0 Å². The van der Waals surface area contributed by atoms with E-state index in [1.807, 2.05) is 5.32 Å². The molecule has 1 aliphatic heterocycles. The third-order valence-electron chi connectivity index (χ3n) is 0.479. The van der Waals surface area contributed by atoms with Crippen LogP contribution in [0.15, 0.2) is 0 Å². The molecule has 2 heteroatoms. The monoisotopic (exact) mass is 92.1 g/mol. The molecule has 0 aromatic heterocycles. The molecular formula is C4H10N2. The lowest BCUT2D eigenvalue weighted by Gasteiger charge is -2.11. The molecule has 0 saturated carbocycles. The molecule has 36 valence electrons. The molecule has 1 fully saturated rings. The molecule has 0 spiro atoms. The van der Waals surface area contributed by atoms with Crippen molar-refractivity contribution in [3.05, 3.63) is 0 Å². The van der Waals surface area contributed by atoms with Crippen LogP contribution in [0.25, 0.3) is 0 Å². The minimum atomic E-state index is -2.39. The lowest BCUT2D eigenvalue weighted by molar-refractivity contribution is 0.534. The molecule has 0 aromatic rings. The van der Waals surface area contributed by atoms with Gasteiger partial charge in [0.15, 0.2) is 0 Å². The summed E-state index contributed by atoms with van der Waals surface area (Å²) in [7, 11) is 0. The van der Waals surface area contributed by atoms with Crippen molar-refractivity contribution in [2.45, 2.75) is 0 Å². The maximum Gasteiger partial charge on any atom is 0.0441 e. The van der Waals surface area contributed by atoms with Gasteiger partial charge in [-0.05, 0) is 0 Å². The zero-order valence-electron chi connectivity index (χ0n) is 9.21. The second-order valence-corrected chi connectivity index (χ2v) is 0.905. The van der Waals surface area contributed by atoms with Crippen molar-refractivity contribution in [3.63, 3.8) is 0 Å². The Morgan fingerprint density at radius 3 is 2.67 bits per heavy atom. The summed E-state index contributed by atoms with van der Waals surface area (Å²) in [6, 6.07) is 0. The molecule has 1 aliphatic rings. The predicted molar refractivity (Wildman–Crippen MR) is 25.7 cm³/mol. The number of rotatable bonds is 0. The van der Waals surface area contributed by atoms with Gasteiger partial charge in [-0.25, -0.2) is 0 Å². The van der Waals surface area contributed by atoms with Crippen LogP contribution in [0.5, 0.6) is 0 Å². The Morgan fingerprint density at radius 2 is 2.00 bits per heavy atom. The van der Waals surface area contributed by atoms with Gasteiger partial charge >= 0.3 is 0 Å². The van der Waals surface area contributed by atoms with Gasteiger partial charge in [0.2, 0.25) is 0 Å². The minimum Gasteiger partial charge on any atom is -0.314 e. The smallest absolute Gasteiger partial charge is 0.0441 e. The lowest BCUT2D eigenvalue weighted by Crippen LogP contribution is -2.39. The van der Waals surface area contributed by atoms with Crippen LogP contribution >= 0.6 is 0 Å². The second-order valence-electron chi connectivity index (χ2n) is 0.905. The van der Waals surface area contributed by atoms with Crippen molar-refractivity contribution < 1.29 is 8.22 Å². The van der Waals surface area contributed by atoms with E-state index in [0.29, 0.717) is 0 Å². The van der Waals surface area contributed by atoms with Crippen molar-refractivity contribution in [1.82, 2.24) is 10.6 Å². The first-order chi connectivity index (χ1) is 5.16. The van der Waals surface area contributed by atoms with Gasteiger partial charge < -0.3 is 10.6 Å². The predicted octanol–water partition coefficient (Wildman–Crippen LogP) is -0.821. The first-order valence-corrected chi connectivity index (χ1v) is 1.71. The molecule has 0 radical (unpaired) electrons. The molecule has 0 aromatic carbocycles. The fraction of sp³-hybridized carbons (Fsp3) is 1.00. The molecule has 1 heterocycles. The summed E-state index contributed by atoms with van der Waals surface area (Å²) in [6.07, 6.45) is 0. The number of hydrogen-bond donors (Lipinski definition) is 2. The zero-order chi connectivity index (χ0) is 9.62. The van der Waals surface area contributed by atoms with Crippen LogP contribution in [0, 0.1) is 0 Å². The van der Waals surface area contributed by atoms with Gasteiger partial charge in [-0.2, -0.15) is 0 Å². The van der Waals surface area contributed by atoms with Crippen molar-refractivity contribution in [3.8, 4) is 0 Å². The molecule has 6 heavy (non-hydrogen) atoms. The highest BCUT2D eigenvalue weighted by molar-refractivity contribution is 4.59. The van der Waals surface area contributed by atoms with Gasteiger partial charge in [0, 0.05) is 34.3 Å². The Balaban J connectivity index is 2.82. The van der Waals surface area contributed by atoms with Gasteiger partial charge in [-0.3, -0.25) is 0 Å². The summed E-state index contributed by atoms with van der Waals surface area (Å²) in [6.45, 7) is -6.79. The standard InChI is InChI=1S/C4H10N2/c1-2-6-4-3-5-1/h5-6H,1-4H2/i1D2,2D2,3D2. The van der Waals surface area contributed by atoms with Gasteiger partial charge in [0.1, 0.15) is 0 Å². The average molecular weight is 92.2 g/mol. The van der Waals surface area contributed by atoms with Crippen LogP contribution in [0.4, 0.5) is 0 Å². The Labute approximate surface area is 46.4 Å². The third-order valence-corrected chi connectivity index (χ3v) is 0.479. The molecule has 1 saturated heterocycles. The molecule has 0 amide bonds. The van der Waals surface area contributed by atoms with Crippen molar-refractivity contribution in [2.24, 2.45) is 0 Å².